The van der Waals surface area contributed by atoms with Crippen molar-refractivity contribution in [1.82, 2.24) is 9.62 Å². The fourth-order valence-electron chi connectivity index (χ4n) is 2.54. The maximum Gasteiger partial charge on any atom is 0.243 e. The van der Waals surface area contributed by atoms with Gasteiger partial charge in [0.15, 0.2) is 0 Å². The summed E-state index contributed by atoms with van der Waals surface area (Å²) in [5.74, 6) is 0. The Bertz CT molecular complexity index is 536. The van der Waals surface area contributed by atoms with E-state index < -0.39 is 10.0 Å². The van der Waals surface area contributed by atoms with Gasteiger partial charge in [-0.1, -0.05) is 26.0 Å². The molecule has 0 saturated heterocycles. The Hall–Kier alpha value is -0.910. The van der Waals surface area contributed by atoms with Crippen molar-refractivity contribution in [3.63, 3.8) is 0 Å². The summed E-state index contributed by atoms with van der Waals surface area (Å²) in [5.41, 5.74) is 1.20. The van der Waals surface area contributed by atoms with Crippen LogP contribution in [0.25, 0.3) is 0 Å². The maximum atomic E-state index is 12.6. The minimum Gasteiger partial charge on any atom is -0.317 e. The van der Waals surface area contributed by atoms with E-state index in [0.717, 1.165) is 38.8 Å². The van der Waals surface area contributed by atoms with Crippen molar-refractivity contribution in [2.45, 2.75) is 50.5 Å². The first-order valence-electron chi connectivity index (χ1n) is 7.91. The van der Waals surface area contributed by atoms with Gasteiger partial charge in [-0.25, -0.2) is 8.42 Å². The molecule has 1 aliphatic rings. The van der Waals surface area contributed by atoms with Gasteiger partial charge in [-0.3, -0.25) is 0 Å². The zero-order valence-electron chi connectivity index (χ0n) is 13.0. The van der Waals surface area contributed by atoms with Gasteiger partial charge in [-0.15, -0.1) is 0 Å². The maximum absolute atomic E-state index is 12.6. The highest BCUT2D eigenvalue weighted by molar-refractivity contribution is 7.89. The highest BCUT2D eigenvalue weighted by Gasteiger charge is 2.36. The lowest BCUT2D eigenvalue weighted by atomic mass is 10.1. The van der Waals surface area contributed by atoms with E-state index in [9.17, 15) is 8.42 Å². The average Bonchev–Trinajstić information content (AvgIpc) is 3.29. The molecule has 1 saturated carbocycles. The summed E-state index contributed by atoms with van der Waals surface area (Å²) in [6.45, 7) is 6.55. The molecule has 0 aromatic heterocycles. The lowest BCUT2D eigenvalue weighted by Gasteiger charge is -2.20. The molecule has 1 aromatic rings. The Morgan fingerprint density at radius 3 is 2.38 bits per heavy atom. The minimum atomic E-state index is -3.31. The van der Waals surface area contributed by atoms with Crippen molar-refractivity contribution < 1.29 is 8.42 Å². The number of benzene rings is 1. The summed E-state index contributed by atoms with van der Waals surface area (Å²) in [7, 11) is -3.31. The Kier molecular flexibility index (Phi) is 5.79. The second-order valence-electron chi connectivity index (χ2n) is 5.54. The van der Waals surface area contributed by atoms with Crippen LogP contribution in [0.2, 0.25) is 0 Å². The van der Waals surface area contributed by atoms with E-state index in [1.165, 1.54) is 5.56 Å². The number of rotatable bonds is 9. The summed E-state index contributed by atoms with van der Waals surface area (Å²) >= 11 is 0. The van der Waals surface area contributed by atoms with Crippen molar-refractivity contribution in [2.75, 3.05) is 19.6 Å². The normalized spacial score (nSPS) is 15.6. The van der Waals surface area contributed by atoms with E-state index in [1.807, 2.05) is 19.1 Å². The molecule has 1 fully saturated rings. The molecule has 1 N–H and O–H groups in total. The molecule has 21 heavy (non-hydrogen) atoms. The molecule has 0 aliphatic heterocycles. The molecule has 5 heteroatoms. The van der Waals surface area contributed by atoms with E-state index in [2.05, 4.69) is 12.2 Å². The van der Waals surface area contributed by atoms with Crippen LogP contribution in [-0.2, 0) is 16.4 Å². The zero-order valence-corrected chi connectivity index (χ0v) is 13.8. The third-order valence-electron chi connectivity index (χ3n) is 3.86. The summed E-state index contributed by atoms with van der Waals surface area (Å²) in [4.78, 5) is 0.423. The molecular weight excluding hydrogens is 284 g/mol. The van der Waals surface area contributed by atoms with Crippen LogP contribution in [-0.4, -0.2) is 38.4 Å². The lowest BCUT2D eigenvalue weighted by molar-refractivity contribution is 0.421. The Morgan fingerprint density at radius 2 is 1.86 bits per heavy atom. The molecule has 4 nitrogen and oxygen atoms in total. The van der Waals surface area contributed by atoms with Crippen molar-refractivity contribution in [1.29, 1.82) is 0 Å². The van der Waals surface area contributed by atoms with Crippen LogP contribution in [0.3, 0.4) is 0 Å². The summed E-state index contributed by atoms with van der Waals surface area (Å²) in [6, 6.07) is 7.62. The van der Waals surface area contributed by atoms with Gasteiger partial charge in [0.2, 0.25) is 10.0 Å². The minimum absolute atomic E-state index is 0.222. The van der Waals surface area contributed by atoms with Crippen LogP contribution in [0.5, 0.6) is 0 Å². The van der Waals surface area contributed by atoms with Gasteiger partial charge in [0, 0.05) is 12.6 Å². The van der Waals surface area contributed by atoms with E-state index in [0.29, 0.717) is 11.4 Å². The number of nitrogens with one attached hydrogen (secondary N) is 1. The van der Waals surface area contributed by atoms with Crippen molar-refractivity contribution in [3.05, 3.63) is 29.8 Å². The highest BCUT2D eigenvalue weighted by Crippen LogP contribution is 2.31. The summed E-state index contributed by atoms with van der Waals surface area (Å²) in [5, 5.41) is 3.29. The second-order valence-corrected chi connectivity index (χ2v) is 7.43. The smallest absolute Gasteiger partial charge is 0.243 e. The van der Waals surface area contributed by atoms with Gasteiger partial charge in [-0.2, -0.15) is 4.31 Å². The zero-order chi connectivity index (χ0) is 15.3. The fourth-order valence-corrected chi connectivity index (χ4v) is 4.24. The van der Waals surface area contributed by atoms with E-state index in [4.69, 9.17) is 0 Å². The van der Waals surface area contributed by atoms with Crippen LogP contribution < -0.4 is 5.32 Å². The first kappa shape index (κ1) is 16.5. The van der Waals surface area contributed by atoms with Gasteiger partial charge in [0.05, 0.1) is 4.90 Å². The Balaban J connectivity index is 2.00. The second kappa shape index (κ2) is 7.38. The fraction of sp³-hybridized carbons (Fsp3) is 0.625. The topological polar surface area (TPSA) is 49.4 Å². The molecule has 0 heterocycles. The number of aryl methyl sites for hydroxylation is 1. The van der Waals surface area contributed by atoms with Crippen molar-refractivity contribution in [2.24, 2.45) is 0 Å². The molecule has 0 bridgehead atoms. The van der Waals surface area contributed by atoms with Crippen LogP contribution in [0, 0.1) is 0 Å². The molecule has 1 aliphatic carbocycles. The van der Waals surface area contributed by atoms with Crippen LogP contribution in [0.1, 0.15) is 38.7 Å². The quantitative estimate of drug-likeness (QED) is 0.713. The SMILES string of the molecule is CCNCCCc1ccc(S(=O)(=O)N(CC)C2CC2)cc1. The predicted octanol–water partition coefficient (Wildman–Crippen LogP) is 2.40. The third-order valence-corrected chi connectivity index (χ3v) is 5.91. The van der Waals surface area contributed by atoms with Gasteiger partial charge in [0.25, 0.3) is 0 Å². The monoisotopic (exact) mass is 310 g/mol. The number of hydrogen-bond acceptors (Lipinski definition) is 3. The lowest BCUT2D eigenvalue weighted by Crippen LogP contribution is -2.32. The molecule has 118 valence electrons. The van der Waals surface area contributed by atoms with Gasteiger partial charge >= 0.3 is 0 Å². The van der Waals surface area contributed by atoms with Crippen LogP contribution in [0.4, 0.5) is 0 Å². The standard InChI is InChI=1S/C16H26N2O2S/c1-3-17-13-5-6-14-7-11-16(12-8-14)21(19,20)18(4-2)15-9-10-15/h7-8,11-12,15,17H,3-6,9-10,13H2,1-2H3. The molecule has 0 unspecified atom stereocenters. The summed E-state index contributed by atoms with van der Waals surface area (Å²) < 4.78 is 26.8. The molecular formula is C16H26N2O2S. The third kappa shape index (κ3) is 4.28. The van der Waals surface area contributed by atoms with E-state index >= 15 is 0 Å². The van der Waals surface area contributed by atoms with Gasteiger partial charge < -0.3 is 5.32 Å². The number of sulfonamides is 1. The van der Waals surface area contributed by atoms with Gasteiger partial charge in [-0.05, 0) is 56.5 Å². The van der Waals surface area contributed by atoms with Crippen molar-refractivity contribution >= 4 is 10.0 Å². The van der Waals surface area contributed by atoms with Gasteiger partial charge in [0.1, 0.15) is 0 Å². The summed E-state index contributed by atoms with van der Waals surface area (Å²) in [6.07, 6.45) is 4.04. The van der Waals surface area contributed by atoms with Crippen molar-refractivity contribution in [3.8, 4) is 0 Å². The average molecular weight is 310 g/mol. The first-order chi connectivity index (χ1) is 10.1. The molecule has 2 rings (SSSR count). The van der Waals surface area contributed by atoms with E-state index in [-0.39, 0.29) is 6.04 Å². The first-order valence-corrected chi connectivity index (χ1v) is 9.35. The van der Waals surface area contributed by atoms with E-state index in [1.54, 1.807) is 16.4 Å². The Labute approximate surface area is 128 Å². The Morgan fingerprint density at radius 1 is 1.19 bits per heavy atom. The highest BCUT2D eigenvalue weighted by atomic mass is 32.2. The number of nitrogens with zero attached hydrogens (tertiary/aromatic N) is 1. The largest absolute Gasteiger partial charge is 0.317 e. The molecule has 0 atom stereocenters. The van der Waals surface area contributed by atoms with Crippen LogP contribution in [0.15, 0.2) is 29.2 Å². The number of hydrogen-bond donors (Lipinski definition) is 1. The molecule has 0 radical (unpaired) electrons. The molecule has 0 spiro atoms. The van der Waals surface area contributed by atoms with Crippen LogP contribution >= 0.6 is 0 Å². The molecule has 1 aromatic carbocycles. The predicted molar refractivity (Wildman–Crippen MR) is 85.9 cm³/mol. The molecule has 0 amide bonds.